The Morgan fingerprint density at radius 3 is 2.44 bits per heavy atom. The molecule has 0 aliphatic rings. The molecule has 6 heteroatoms. The molecule has 6 nitrogen and oxygen atoms in total. The molecule has 0 aromatic carbocycles. The minimum Gasteiger partial charge on any atom is -0.392 e. The average molecular weight is 217 g/mol. The van der Waals surface area contributed by atoms with Crippen molar-refractivity contribution < 1.29 is 5.11 Å². The number of hydrogen-bond donors (Lipinski definition) is 3. The van der Waals surface area contributed by atoms with Crippen molar-refractivity contribution in [2.45, 2.75) is 6.61 Å². The highest BCUT2D eigenvalue weighted by molar-refractivity contribution is 5.57. The molecule has 0 fully saturated rings. The van der Waals surface area contributed by atoms with Gasteiger partial charge in [0.15, 0.2) is 0 Å². The average Bonchev–Trinajstić information content (AvgIpc) is 2.30. The molecule has 0 spiro atoms. The van der Waals surface area contributed by atoms with Crippen LogP contribution in [0.25, 0.3) is 11.4 Å². The molecule has 0 saturated heterocycles. The number of rotatable bonds is 2. The minimum absolute atomic E-state index is 0.132. The lowest BCUT2D eigenvalue weighted by molar-refractivity contribution is 0.282. The summed E-state index contributed by atoms with van der Waals surface area (Å²) in [5, 5.41) is 8.95. The molecule has 0 unspecified atom stereocenters. The molecule has 2 rings (SSSR count). The van der Waals surface area contributed by atoms with Crippen molar-refractivity contribution in [1.29, 1.82) is 0 Å². The summed E-state index contributed by atoms with van der Waals surface area (Å²) in [6.07, 6.45) is 2.98. The molecule has 2 aromatic heterocycles. The summed E-state index contributed by atoms with van der Waals surface area (Å²) in [7, 11) is 0. The van der Waals surface area contributed by atoms with Crippen LogP contribution in [0.5, 0.6) is 0 Å². The predicted octanol–water partition coefficient (Wildman–Crippen LogP) is 0.195. The Balaban J connectivity index is 2.41. The molecular weight excluding hydrogens is 206 g/mol. The first-order valence-corrected chi connectivity index (χ1v) is 4.65. The first-order chi connectivity index (χ1) is 7.70. The van der Waals surface area contributed by atoms with Gasteiger partial charge in [0, 0.05) is 5.56 Å². The second-order valence-electron chi connectivity index (χ2n) is 3.23. The maximum absolute atomic E-state index is 8.95. The van der Waals surface area contributed by atoms with E-state index in [1.54, 1.807) is 12.1 Å². The highest BCUT2D eigenvalue weighted by Crippen LogP contribution is 2.17. The van der Waals surface area contributed by atoms with Gasteiger partial charge in [-0.1, -0.05) is 6.07 Å². The maximum atomic E-state index is 8.95. The Hall–Kier alpha value is -2.21. The summed E-state index contributed by atoms with van der Waals surface area (Å²) in [5.74, 6) is 0.641. The number of aliphatic hydroxyl groups excluding tert-OH is 1. The summed E-state index contributed by atoms with van der Waals surface area (Å²) < 4.78 is 0. The fourth-order valence-corrected chi connectivity index (χ4v) is 1.25. The van der Waals surface area contributed by atoms with E-state index in [1.165, 1.54) is 12.4 Å². The van der Waals surface area contributed by atoms with E-state index < -0.39 is 0 Å². The van der Waals surface area contributed by atoms with E-state index in [9.17, 15) is 0 Å². The van der Waals surface area contributed by atoms with Crippen LogP contribution in [-0.2, 0) is 6.61 Å². The van der Waals surface area contributed by atoms with Gasteiger partial charge in [0.25, 0.3) is 0 Å². The van der Waals surface area contributed by atoms with E-state index in [0.29, 0.717) is 28.6 Å². The molecule has 0 amide bonds. The molecule has 0 saturated carbocycles. The Labute approximate surface area is 92.0 Å². The van der Waals surface area contributed by atoms with Crippen LogP contribution in [0.15, 0.2) is 24.5 Å². The quantitative estimate of drug-likeness (QED) is 0.662. The van der Waals surface area contributed by atoms with Gasteiger partial charge in [0.1, 0.15) is 17.3 Å². The standard InChI is InChI=1S/C10H11N5O/c11-9-4-13-8(3-14-9)7-2-1-6(5-16)10(12)15-7/h1-4,16H,5H2,(H2,11,14)(H2,12,15). The first-order valence-electron chi connectivity index (χ1n) is 4.65. The van der Waals surface area contributed by atoms with Gasteiger partial charge in [-0.25, -0.2) is 15.0 Å². The van der Waals surface area contributed by atoms with Crippen LogP contribution in [-0.4, -0.2) is 20.1 Å². The molecule has 2 aromatic rings. The van der Waals surface area contributed by atoms with Gasteiger partial charge in [-0.3, -0.25) is 0 Å². The van der Waals surface area contributed by atoms with Gasteiger partial charge >= 0.3 is 0 Å². The monoisotopic (exact) mass is 217 g/mol. The molecule has 82 valence electrons. The summed E-state index contributed by atoms with van der Waals surface area (Å²) >= 11 is 0. The van der Waals surface area contributed by atoms with Crippen LogP contribution in [0, 0.1) is 0 Å². The normalized spacial score (nSPS) is 10.3. The molecule has 0 aliphatic heterocycles. The molecule has 0 aliphatic carbocycles. The van der Waals surface area contributed by atoms with Crippen molar-refractivity contribution in [1.82, 2.24) is 15.0 Å². The van der Waals surface area contributed by atoms with Crippen LogP contribution < -0.4 is 11.5 Å². The van der Waals surface area contributed by atoms with Crippen molar-refractivity contribution in [2.24, 2.45) is 0 Å². The highest BCUT2D eigenvalue weighted by atomic mass is 16.3. The number of pyridine rings is 1. The highest BCUT2D eigenvalue weighted by Gasteiger charge is 2.05. The molecule has 16 heavy (non-hydrogen) atoms. The Bertz CT molecular complexity index is 497. The maximum Gasteiger partial charge on any atom is 0.141 e. The van der Waals surface area contributed by atoms with Crippen molar-refractivity contribution in [3.63, 3.8) is 0 Å². The lowest BCUT2D eigenvalue weighted by Gasteiger charge is -2.04. The van der Waals surface area contributed by atoms with Gasteiger partial charge in [-0.05, 0) is 6.07 Å². The molecule has 0 bridgehead atoms. The van der Waals surface area contributed by atoms with E-state index in [2.05, 4.69) is 15.0 Å². The zero-order valence-corrected chi connectivity index (χ0v) is 8.46. The Morgan fingerprint density at radius 1 is 1.06 bits per heavy atom. The fraction of sp³-hybridized carbons (Fsp3) is 0.100. The SMILES string of the molecule is Nc1cnc(-c2ccc(CO)c(N)n2)cn1. The van der Waals surface area contributed by atoms with Crippen LogP contribution in [0.2, 0.25) is 0 Å². The third-order valence-corrected chi connectivity index (χ3v) is 2.12. The van der Waals surface area contributed by atoms with Gasteiger partial charge in [0.2, 0.25) is 0 Å². The third-order valence-electron chi connectivity index (χ3n) is 2.12. The lowest BCUT2D eigenvalue weighted by Crippen LogP contribution is -2.00. The summed E-state index contributed by atoms with van der Waals surface area (Å²) in [6, 6.07) is 3.43. The lowest BCUT2D eigenvalue weighted by atomic mass is 10.2. The van der Waals surface area contributed by atoms with Crippen molar-refractivity contribution in [2.75, 3.05) is 11.5 Å². The predicted molar refractivity (Wildman–Crippen MR) is 60.0 cm³/mol. The smallest absolute Gasteiger partial charge is 0.141 e. The minimum atomic E-state index is -0.132. The van der Waals surface area contributed by atoms with E-state index in [1.807, 2.05) is 0 Å². The third kappa shape index (κ3) is 1.91. The largest absolute Gasteiger partial charge is 0.392 e. The number of anilines is 2. The topological polar surface area (TPSA) is 111 Å². The summed E-state index contributed by atoms with van der Waals surface area (Å²) in [5.41, 5.74) is 12.9. The number of nitrogens with zero attached hydrogens (tertiary/aromatic N) is 3. The van der Waals surface area contributed by atoms with Gasteiger partial charge in [-0.15, -0.1) is 0 Å². The second-order valence-corrected chi connectivity index (χ2v) is 3.23. The van der Waals surface area contributed by atoms with Crippen LogP contribution in [0.4, 0.5) is 11.6 Å². The number of aliphatic hydroxyl groups is 1. The van der Waals surface area contributed by atoms with Crippen molar-refractivity contribution in [3.8, 4) is 11.4 Å². The van der Waals surface area contributed by atoms with Crippen LogP contribution >= 0.6 is 0 Å². The fourth-order valence-electron chi connectivity index (χ4n) is 1.25. The second kappa shape index (κ2) is 4.11. The van der Waals surface area contributed by atoms with Crippen LogP contribution in [0.1, 0.15) is 5.56 Å². The van der Waals surface area contributed by atoms with E-state index in [4.69, 9.17) is 16.6 Å². The number of hydrogen-bond acceptors (Lipinski definition) is 6. The number of nitrogen functional groups attached to an aromatic ring is 2. The number of aromatic nitrogens is 3. The molecular formula is C10H11N5O. The summed E-state index contributed by atoms with van der Waals surface area (Å²) in [6.45, 7) is -0.132. The van der Waals surface area contributed by atoms with Crippen molar-refractivity contribution in [3.05, 3.63) is 30.1 Å². The first kappa shape index (κ1) is 10.3. The molecule has 2 heterocycles. The number of nitrogens with two attached hydrogens (primary N) is 2. The Kier molecular flexibility index (Phi) is 2.65. The van der Waals surface area contributed by atoms with Gasteiger partial charge < -0.3 is 16.6 Å². The van der Waals surface area contributed by atoms with Crippen LogP contribution in [0.3, 0.4) is 0 Å². The molecule has 5 N–H and O–H groups in total. The van der Waals surface area contributed by atoms with E-state index in [-0.39, 0.29) is 6.61 Å². The Morgan fingerprint density at radius 2 is 1.88 bits per heavy atom. The molecule has 0 atom stereocenters. The van der Waals surface area contributed by atoms with Gasteiger partial charge in [-0.2, -0.15) is 0 Å². The van der Waals surface area contributed by atoms with E-state index >= 15 is 0 Å². The van der Waals surface area contributed by atoms with E-state index in [0.717, 1.165) is 0 Å². The zero-order chi connectivity index (χ0) is 11.5. The van der Waals surface area contributed by atoms with Gasteiger partial charge in [0.05, 0.1) is 24.7 Å². The molecule has 0 radical (unpaired) electrons. The van der Waals surface area contributed by atoms with Crippen molar-refractivity contribution >= 4 is 11.6 Å². The zero-order valence-electron chi connectivity index (χ0n) is 8.46. The summed E-state index contributed by atoms with van der Waals surface area (Å²) in [4.78, 5) is 12.1.